The van der Waals surface area contributed by atoms with Gasteiger partial charge in [0.05, 0.1) is 0 Å². The van der Waals surface area contributed by atoms with E-state index < -0.39 is 12.0 Å². The third kappa shape index (κ3) is 2.83. The zero-order chi connectivity index (χ0) is 12.1. The summed E-state index contributed by atoms with van der Waals surface area (Å²) in [5, 5.41) is 9.00. The number of carboxylic acids is 1. The highest BCUT2D eigenvalue weighted by molar-refractivity contribution is 5.72. The van der Waals surface area contributed by atoms with Crippen molar-refractivity contribution in [2.75, 3.05) is 7.05 Å². The highest BCUT2D eigenvalue weighted by atomic mass is 16.4. The Balaban J connectivity index is 2.87. The molecule has 16 heavy (non-hydrogen) atoms. The number of carbonyl (C=O) groups is 1. The molecule has 0 fully saturated rings. The van der Waals surface area contributed by atoms with E-state index in [0.717, 1.165) is 6.42 Å². The maximum atomic E-state index is 11.0. The summed E-state index contributed by atoms with van der Waals surface area (Å²) in [6, 6.07) is 9.71. The van der Waals surface area contributed by atoms with Gasteiger partial charge in [-0.2, -0.15) is 0 Å². The van der Waals surface area contributed by atoms with Crippen LogP contribution in [0.4, 0.5) is 0 Å². The number of rotatable bonds is 5. The van der Waals surface area contributed by atoms with Gasteiger partial charge >= 0.3 is 5.97 Å². The Labute approximate surface area is 96.7 Å². The molecule has 0 amide bonds. The molecule has 0 heterocycles. The highest BCUT2D eigenvalue weighted by Crippen LogP contribution is 2.24. The van der Waals surface area contributed by atoms with E-state index in [1.807, 2.05) is 42.3 Å². The number of hydrogen-bond acceptors (Lipinski definition) is 2. The fourth-order valence-electron chi connectivity index (χ4n) is 1.88. The van der Waals surface area contributed by atoms with Crippen molar-refractivity contribution >= 4 is 5.97 Å². The predicted octanol–water partition coefficient (Wildman–Crippen LogP) is 2.54. The van der Waals surface area contributed by atoms with Crippen LogP contribution in [0.15, 0.2) is 30.3 Å². The number of carboxylic acid groups (broad SMARTS) is 1. The van der Waals surface area contributed by atoms with Crippen LogP contribution in [0.3, 0.4) is 0 Å². The van der Waals surface area contributed by atoms with Gasteiger partial charge in [-0.3, -0.25) is 9.69 Å². The van der Waals surface area contributed by atoms with Gasteiger partial charge in [-0.05, 0) is 26.0 Å². The lowest BCUT2D eigenvalue weighted by atomic mass is 10.0. The molecular weight excluding hydrogens is 202 g/mol. The van der Waals surface area contributed by atoms with E-state index in [-0.39, 0.29) is 6.04 Å². The first-order valence-electron chi connectivity index (χ1n) is 5.57. The van der Waals surface area contributed by atoms with Gasteiger partial charge in [-0.15, -0.1) is 0 Å². The molecule has 0 aromatic heterocycles. The number of hydrogen-bond donors (Lipinski definition) is 1. The average Bonchev–Trinajstić information content (AvgIpc) is 2.30. The number of likely N-dealkylation sites (N-methyl/N-ethyl adjacent to an activating group) is 1. The molecule has 0 aliphatic carbocycles. The Morgan fingerprint density at radius 3 is 2.38 bits per heavy atom. The second-order valence-corrected chi connectivity index (χ2v) is 4.01. The van der Waals surface area contributed by atoms with Crippen molar-refractivity contribution < 1.29 is 9.90 Å². The second-order valence-electron chi connectivity index (χ2n) is 4.01. The molecule has 1 N–H and O–H groups in total. The van der Waals surface area contributed by atoms with Crippen molar-refractivity contribution in [3.05, 3.63) is 35.9 Å². The minimum atomic E-state index is -0.781. The van der Waals surface area contributed by atoms with Crippen molar-refractivity contribution in [3.63, 3.8) is 0 Å². The largest absolute Gasteiger partial charge is 0.480 e. The molecular formula is C13H19NO2. The topological polar surface area (TPSA) is 40.5 Å². The standard InChI is InChI=1S/C13H19NO2/c1-4-12(11-8-6-5-7-9-11)14(3)10(2)13(15)16/h5-10,12H,4H2,1-3H3,(H,15,16). The summed E-state index contributed by atoms with van der Waals surface area (Å²) in [4.78, 5) is 12.9. The van der Waals surface area contributed by atoms with Crippen molar-refractivity contribution in [1.29, 1.82) is 0 Å². The van der Waals surface area contributed by atoms with Crippen molar-refractivity contribution in [2.45, 2.75) is 32.4 Å². The summed E-state index contributed by atoms with van der Waals surface area (Å²) < 4.78 is 0. The molecule has 0 bridgehead atoms. The molecule has 2 unspecified atom stereocenters. The van der Waals surface area contributed by atoms with Crippen molar-refractivity contribution in [1.82, 2.24) is 4.90 Å². The normalized spacial score (nSPS) is 14.8. The lowest BCUT2D eigenvalue weighted by molar-refractivity contribution is -0.143. The van der Waals surface area contributed by atoms with Gasteiger partial charge in [0.2, 0.25) is 0 Å². The van der Waals surface area contributed by atoms with Gasteiger partial charge in [-0.1, -0.05) is 37.3 Å². The summed E-state index contributed by atoms with van der Waals surface area (Å²) >= 11 is 0. The van der Waals surface area contributed by atoms with Crippen LogP contribution >= 0.6 is 0 Å². The van der Waals surface area contributed by atoms with E-state index in [2.05, 4.69) is 6.92 Å². The van der Waals surface area contributed by atoms with E-state index in [1.165, 1.54) is 5.56 Å². The van der Waals surface area contributed by atoms with Crippen molar-refractivity contribution in [2.24, 2.45) is 0 Å². The molecule has 1 rings (SSSR count). The third-order valence-electron chi connectivity index (χ3n) is 3.03. The van der Waals surface area contributed by atoms with Crippen molar-refractivity contribution in [3.8, 4) is 0 Å². The zero-order valence-corrected chi connectivity index (χ0v) is 10.1. The van der Waals surface area contributed by atoms with Gasteiger partial charge in [0.15, 0.2) is 0 Å². The molecule has 2 atom stereocenters. The maximum Gasteiger partial charge on any atom is 0.320 e. The minimum absolute atomic E-state index is 0.160. The van der Waals surface area contributed by atoms with E-state index in [4.69, 9.17) is 5.11 Å². The number of benzene rings is 1. The Morgan fingerprint density at radius 1 is 1.38 bits per heavy atom. The van der Waals surface area contributed by atoms with E-state index in [9.17, 15) is 4.79 Å². The van der Waals surface area contributed by atoms with E-state index in [1.54, 1.807) is 6.92 Å². The molecule has 0 spiro atoms. The smallest absolute Gasteiger partial charge is 0.320 e. The summed E-state index contributed by atoms with van der Waals surface area (Å²) in [7, 11) is 1.86. The molecule has 1 aromatic carbocycles. The zero-order valence-electron chi connectivity index (χ0n) is 10.1. The van der Waals surface area contributed by atoms with Gasteiger partial charge in [0.1, 0.15) is 6.04 Å². The van der Waals surface area contributed by atoms with Crippen LogP contribution in [0.1, 0.15) is 31.9 Å². The van der Waals surface area contributed by atoms with E-state index in [0.29, 0.717) is 0 Å². The molecule has 0 aliphatic heterocycles. The summed E-state index contributed by atoms with van der Waals surface area (Å²) in [5.74, 6) is -0.781. The van der Waals surface area contributed by atoms with Gasteiger partial charge < -0.3 is 5.11 Å². The molecule has 88 valence electrons. The van der Waals surface area contributed by atoms with Gasteiger partial charge in [0, 0.05) is 6.04 Å². The van der Waals surface area contributed by atoms with Gasteiger partial charge in [-0.25, -0.2) is 0 Å². The fourth-order valence-corrected chi connectivity index (χ4v) is 1.88. The molecule has 0 saturated heterocycles. The Kier molecular flexibility index (Phi) is 4.50. The quantitative estimate of drug-likeness (QED) is 0.830. The molecule has 0 radical (unpaired) electrons. The Morgan fingerprint density at radius 2 is 1.94 bits per heavy atom. The maximum absolute atomic E-state index is 11.0. The van der Waals surface area contributed by atoms with Crippen LogP contribution in [-0.4, -0.2) is 29.1 Å². The molecule has 0 aliphatic rings. The summed E-state index contributed by atoms with van der Waals surface area (Å²) in [6.07, 6.45) is 0.901. The van der Waals surface area contributed by atoms with Gasteiger partial charge in [0.25, 0.3) is 0 Å². The fraction of sp³-hybridized carbons (Fsp3) is 0.462. The molecule has 3 nitrogen and oxygen atoms in total. The number of aliphatic carboxylic acids is 1. The Bertz CT molecular complexity index is 337. The first kappa shape index (κ1) is 12.7. The van der Waals surface area contributed by atoms with Crippen LogP contribution in [-0.2, 0) is 4.79 Å². The van der Waals surface area contributed by atoms with Crippen LogP contribution in [0, 0.1) is 0 Å². The summed E-state index contributed by atoms with van der Waals surface area (Å²) in [6.45, 7) is 3.79. The Hall–Kier alpha value is -1.35. The molecule has 1 aromatic rings. The van der Waals surface area contributed by atoms with Crippen LogP contribution < -0.4 is 0 Å². The SMILES string of the molecule is CCC(c1ccccc1)N(C)C(C)C(=O)O. The predicted molar refractivity (Wildman–Crippen MR) is 64.3 cm³/mol. The highest BCUT2D eigenvalue weighted by Gasteiger charge is 2.24. The minimum Gasteiger partial charge on any atom is -0.480 e. The van der Waals surface area contributed by atoms with Crippen LogP contribution in [0.25, 0.3) is 0 Å². The molecule has 3 heteroatoms. The van der Waals surface area contributed by atoms with Crippen LogP contribution in [0.2, 0.25) is 0 Å². The van der Waals surface area contributed by atoms with Crippen LogP contribution in [0.5, 0.6) is 0 Å². The number of nitrogens with zero attached hydrogens (tertiary/aromatic N) is 1. The first-order valence-corrected chi connectivity index (χ1v) is 5.57. The summed E-state index contributed by atoms with van der Waals surface area (Å²) in [5.41, 5.74) is 1.17. The lowest BCUT2D eigenvalue weighted by Crippen LogP contribution is -2.38. The monoisotopic (exact) mass is 221 g/mol. The first-order chi connectivity index (χ1) is 7.57. The average molecular weight is 221 g/mol. The lowest BCUT2D eigenvalue weighted by Gasteiger charge is -2.30. The second kappa shape index (κ2) is 5.66. The third-order valence-corrected chi connectivity index (χ3v) is 3.03. The van der Waals surface area contributed by atoms with E-state index >= 15 is 0 Å². The molecule has 0 saturated carbocycles.